The Morgan fingerprint density at radius 2 is 1.78 bits per heavy atom. The molecule has 0 aromatic heterocycles. The number of carbonyl (C=O) groups excluding carboxylic acids is 2. The Kier molecular flexibility index (Phi) is 6.20. The molecule has 2 N–H and O–H groups in total. The molecule has 0 atom stereocenters. The maximum Gasteiger partial charge on any atom is 0.251 e. The molecule has 1 saturated carbocycles. The fourth-order valence-corrected chi connectivity index (χ4v) is 3.14. The molecule has 1 aromatic carbocycles. The first-order valence-corrected chi connectivity index (χ1v) is 8.64. The van der Waals surface area contributed by atoms with E-state index in [9.17, 15) is 9.59 Å². The number of nitrogens with one attached hydrogen (secondary N) is 2. The first kappa shape index (κ1) is 17.5. The summed E-state index contributed by atoms with van der Waals surface area (Å²) >= 11 is 0. The van der Waals surface area contributed by atoms with Crippen molar-refractivity contribution in [2.45, 2.75) is 58.9 Å². The lowest BCUT2D eigenvalue weighted by Crippen LogP contribution is -2.43. The van der Waals surface area contributed by atoms with Crippen molar-refractivity contribution in [1.82, 2.24) is 10.6 Å². The third-order valence-electron chi connectivity index (χ3n) is 4.97. The van der Waals surface area contributed by atoms with Gasteiger partial charge >= 0.3 is 0 Å². The van der Waals surface area contributed by atoms with Gasteiger partial charge in [-0.15, -0.1) is 0 Å². The van der Waals surface area contributed by atoms with Gasteiger partial charge in [-0.3, -0.25) is 9.59 Å². The Morgan fingerprint density at radius 1 is 1.09 bits per heavy atom. The molecule has 1 aromatic rings. The average molecular weight is 316 g/mol. The first-order chi connectivity index (χ1) is 11.0. The Balaban J connectivity index is 1.75. The van der Waals surface area contributed by atoms with Crippen LogP contribution in [0.2, 0.25) is 0 Å². The van der Waals surface area contributed by atoms with Gasteiger partial charge in [0.1, 0.15) is 0 Å². The fraction of sp³-hybridized carbons (Fsp3) is 0.579. The lowest BCUT2D eigenvalue weighted by atomic mass is 9.84. The molecule has 0 spiro atoms. The maximum atomic E-state index is 12.1. The minimum Gasteiger partial charge on any atom is -0.352 e. The number of amides is 2. The highest BCUT2D eigenvalue weighted by atomic mass is 16.2. The minimum atomic E-state index is -0.196. The SMILES string of the molecule is CCC1CCC(NC(=O)CNC(=O)c2ccc(C)c(C)c2)CC1. The van der Waals surface area contributed by atoms with Crippen molar-refractivity contribution in [2.24, 2.45) is 5.92 Å². The van der Waals surface area contributed by atoms with Crippen LogP contribution in [0.3, 0.4) is 0 Å². The summed E-state index contributed by atoms with van der Waals surface area (Å²) < 4.78 is 0. The molecule has 4 heteroatoms. The van der Waals surface area contributed by atoms with Gasteiger partial charge in [0.15, 0.2) is 0 Å². The highest BCUT2D eigenvalue weighted by Gasteiger charge is 2.21. The second kappa shape index (κ2) is 8.14. The molecule has 0 saturated heterocycles. The third-order valence-corrected chi connectivity index (χ3v) is 4.97. The van der Waals surface area contributed by atoms with Crippen molar-refractivity contribution < 1.29 is 9.59 Å². The number of rotatable bonds is 5. The van der Waals surface area contributed by atoms with Gasteiger partial charge in [-0.25, -0.2) is 0 Å². The molecule has 1 aliphatic carbocycles. The van der Waals surface area contributed by atoms with E-state index in [4.69, 9.17) is 0 Å². The van der Waals surface area contributed by atoms with Crippen LogP contribution in [0.5, 0.6) is 0 Å². The smallest absolute Gasteiger partial charge is 0.251 e. The molecule has 0 bridgehead atoms. The van der Waals surface area contributed by atoms with E-state index in [0.717, 1.165) is 29.9 Å². The van der Waals surface area contributed by atoms with Crippen LogP contribution in [0.1, 0.15) is 60.5 Å². The van der Waals surface area contributed by atoms with E-state index in [-0.39, 0.29) is 24.4 Å². The minimum absolute atomic E-state index is 0.0411. The van der Waals surface area contributed by atoms with E-state index in [2.05, 4.69) is 17.6 Å². The summed E-state index contributed by atoms with van der Waals surface area (Å²) in [4.78, 5) is 24.1. The number of carbonyl (C=O) groups is 2. The molecule has 0 unspecified atom stereocenters. The van der Waals surface area contributed by atoms with Crippen LogP contribution < -0.4 is 10.6 Å². The largest absolute Gasteiger partial charge is 0.352 e. The van der Waals surface area contributed by atoms with Crippen LogP contribution >= 0.6 is 0 Å². The van der Waals surface area contributed by atoms with E-state index >= 15 is 0 Å². The number of aryl methyl sites for hydroxylation is 2. The van der Waals surface area contributed by atoms with Gasteiger partial charge in [-0.1, -0.05) is 19.4 Å². The molecule has 4 nitrogen and oxygen atoms in total. The molecule has 2 amide bonds. The zero-order valence-electron chi connectivity index (χ0n) is 14.4. The lowest BCUT2D eigenvalue weighted by molar-refractivity contribution is -0.121. The summed E-state index contributed by atoms with van der Waals surface area (Å²) in [5.41, 5.74) is 2.83. The highest BCUT2D eigenvalue weighted by Crippen LogP contribution is 2.26. The van der Waals surface area contributed by atoms with E-state index in [1.165, 1.54) is 19.3 Å². The molecular weight excluding hydrogens is 288 g/mol. The second-order valence-corrected chi connectivity index (χ2v) is 6.68. The van der Waals surface area contributed by atoms with Crippen LogP contribution in [0.4, 0.5) is 0 Å². The van der Waals surface area contributed by atoms with E-state index in [1.807, 2.05) is 26.0 Å². The lowest BCUT2D eigenvalue weighted by Gasteiger charge is -2.28. The molecule has 0 heterocycles. The van der Waals surface area contributed by atoms with Crippen molar-refractivity contribution in [1.29, 1.82) is 0 Å². The Morgan fingerprint density at radius 3 is 2.39 bits per heavy atom. The van der Waals surface area contributed by atoms with Crippen LogP contribution in [0.25, 0.3) is 0 Å². The molecule has 2 rings (SSSR count). The summed E-state index contributed by atoms with van der Waals surface area (Å²) in [6.07, 6.45) is 5.71. The molecule has 0 aliphatic heterocycles. The summed E-state index contributed by atoms with van der Waals surface area (Å²) in [6, 6.07) is 5.84. The van der Waals surface area contributed by atoms with Gasteiger partial charge in [0, 0.05) is 11.6 Å². The number of hydrogen-bond donors (Lipinski definition) is 2. The Hall–Kier alpha value is -1.84. The molecule has 1 aliphatic rings. The summed E-state index contributed by atoms with van der Waals surface area (Å²) in [5.74, 6) is 0.521. The standard InChI is InChI=1S/C19H28N2O2/c1-4-15-6-9-17(10-7-15)21-18(22)12-20-19(23)16-8-5-13(2)14(3)11-16/h5,8,11,15,17H,4,6-7,9-10,12H2,1-3H3,(H,20,23)(H,21,22). The van der Waals surface area contributed by atoms with Gasteiger partial charge in [0.05, 0.1) is 6.54 Å². The molecule has 23 heavy (non-hydrogen) atoms. The number of benzene rings is 1. The van der Waals surface area contributed by atoms with Crippen molar-refractivity contribution in [2.75, 3.05) is 6.54 Å². The predicted octanol–water partition coefficient (Wildman–Crippen LogP) is 3.12. The Labute approximate surface area is 139 Å². The van der Waals surface area contributed by atoms with Crippen LogP contribution in [0.15, 0.2) is 18.2 Å². The van der Waals surface area contributed by atoms with E-state index < -0.39 is 0 Å². The molecule has 0 radical (unpaired) electrons. The van der Waals surface area contributed by atoms with Crippen LogP contribution in [-0.4, -0.2) is 24.4 Å². The van der Waals surface area contributed by atoms with E-state index in [0.29, 0.717) is 5.56 Å². The third kappa shape index (κ3) is 5.08. The maximum absolute atomic E-state index is 12.1. The topological polar surface area (TPSA) is 58.2 Å². The fourth-order valence-electron chi connectivity index (χ4n) is 3.14. The van der Waals surface area contributed by atoms with Crippen LogP contribution in [0, 0.1) is 19.8 Å². The van der Waals surface area contributed by atoms with Gasteiger partial charge in [-0.05, 0) is 68.7 Å². The van der Waals surface area contributed by atoms with Gasteiger partial charge in [-0.2, -0.15) is 0 Å². The predicted molar refractivity (Wildman–Crippen MR) is 92.4 cm³/mol. The Bertz CT molecular complexity index is 560. The normalized spacial score (nSPS) is 20.8. The summed E-state index contributed by atoms with van der Waals surface area (Å²) in [7, 11) is 0. The first-order valence-electron chi connectivity index (χ1n) is 8.64. The average Bonchev–Trinajstić information content (AvgIpc) is 2.56. The molecule has 1 fully saturated rings. The van der Waals surface area contributed by atoms with Gasteiger partial charge in [0.2, 0.25) is 5.91 Å². The van der Waals surface area contributed by atoms with Crippen LogP contribution in [-0.2, 0) is 4.79 Å². The quantitative estimate of drug-likeness (QED) is 0.877. The van der Waals surface area contributed by atoms with Crippen molar-refractivity contribution >= 4 is 11.8 Å². The summed E-state index contributed by atoms with van der Waals surface area (Å²) in [6.45, 7) is 6.26. The van der Waals surface area contributed by atoms with Crippen molar-refractivity contribution in [3.8, 4) is 0 Å². The molecule has 126 valence electrons. The van der Waals surface area contributed by atoms with Crippen molar-refractivity contribution in [3.63, 3.8) is 0 Å². The number of hydrogen-bond acceptors (Lipinski definition) is 2. The highest BCUT2D eigenvalue weighted by molar-refractivity contribution is 5.96. The van der Waals surface area contributed by atoms with Gasteiger partial charge in [0.25, 0.3) is 5.91 Å². The summed E-state index contributed by atoms with van der Waals surface area (Å²) in [5, 5.41) is 5.74. The monoisotopic (exact) mass is 316 g/mol. The van der Waals surface area contributed by atoms with Crippen molar-refractivity contribution in [3.05, 3.63) is 34.9 Å². The van der Waals surface area contributed by atoms with Gasteiger partial charge < -0.3 is 10.6 Å². The zero-order valence-corrected chi connectivity index (χ0v) is 14.4. The second-order valence-electron chi connectivity index (χ2n) is 6.68. The van der Waals surface area contributed by atoms with E-state index in [1.54, 1.807) is 6.07 Å². The zero-order chi connectivity index (χ0) is 16.8. The molecular formula is C19H28N2O2.